The lowest BCUT2D eigenvalue weighted by atomic mass is 10.1. The summed E-state index contributed by atoms with van der Waals surface area (Å²) in [7, 11) is 0. The van der Waals surface area contributed by atoms with Gasteiger partial charge in [-0.3, -0.25) is 14.5 Å². The quantitative estimate of drug-likeness (QED) is 0.803. The third kappa shape index (κ3) is 2.98. The fraction of sp³-hybridized carbons (Fsp3) is 0.357. The number of rotatable bonds is 3. The molecular formula is C14H15N3O2. The van der Waals surface area contributed by atoms with Crippen LogP contribution in [0.1, 0.15) is 22.8 Å². The summed E-state index contributed by atoms with van der Waals surface area (Å²) in [6.07, 6.45) is 0. The summed E-state index contributed by atoms with van der Waals surface area (Å²) in [5.41, 5.74) is 1.10. The molecule has 1 fully saturated rings. The van der Waals surface area contributed by atoms with Crippen molar-refractivity contribution in [2.24, 2.45) is 0 Å². The maximum atomic E-state index is 12.1. The first-order valence-electron chi connectivity index (χ1n) is 6.17. The zero-order valence-electron chi connectivity index (χ0n) is 10.7. The predicted molar refractivity (Wildman–Crippen MR) is 69.5 cm³/mol. The number of nitrogens with zero attached hydrogens (tertiary/aromatic N) is 2. The Kier molecular flexibility index (Phi) is 3.93. The van der Waals surface area contributed by atoms with E-state index in [9.17, 15) is 9.59 Å². The van der Waals surface area contributed by atoms with Crippen LogP contribution in [0.2, 0.25) is 0 Å². The van der Waals surface area contributed by atoms with Crippen LogP contribution in [-0.4, -0.2) is 42.3 Å². The number of hydrogen-bond acceptors (Lipinski definition) is 4. The van der Waals surface area contributed by atoms with Crippen LogP contribution in [0.5, 0.6) is 0 Å². The number of benzene rings is 1. The second-order valence-electron chi connectivity index (χ2n) is 4.55. The van der Waals surface area contributed by atoms with Gasteiger partial charge in [-0.15, -0.1) is 0 Å². The third-order valence-corrected chi connectivity index (χ3v) is 3.31. The molecule has 98 valence electrons. The Morgan fingerprint density at radius 3 is 2.79 bits per heavy atom. The molecule has 1 aliphatic heterocycles. The molecule has 1 heterocycles. The second kappa shape index (κ2) is 5.63. The minimum absolute atomic E-state index is 0.0361. The van der Waals surface area contributed by atoms with E-state index in [-0.39, 0.29) is 24.3 Å². The molecule has 5 nitrogen and oxygen atoms in total. The minimum atomic E-state index is -0.281. The van der Waals surface area contributed by atoms with Crippen molar-refractivity contribution in [3.63, 3.8) is 0 Å². The average Bonchev–Trinajstić information content (AvgIpc) is 2.44. The number of ketones is 1. The molecule has 19 heavy (non-hydrogen) atoms. The van der Waals surface area contributed by atoms with Gasteiger partial charge in [-0.25, -0.2) is 0 Å². The highest BCUT2D eigenvalue weighted by Crippen LogP contribution is 2.09. The summed E-state index contributed by atoms with van der Waals surface area (Å²) in [4.78, 5) is 25.5. The van der Waals surface area contributed by atoms with E-state index < -0.39 is 0 Å². The molecule has 1 amide bonds. The molecule has 1 aliphatic rings. The number of carbonyl (C=O) groups is 2. The first-order chi connectivity index (χ1) is 9.11. The third-order valence-electron chi connectivity index (χ3n) is 3.31. The van der Waals surface area contributed by atoms with Crippen molar-refractivity contribution in [3.8, 4) is 6.07 Å². The van der Waals surface area contributed by atoms with Gasteiger partial charge in [-0.05, 0) is 19.1 Å². The van der Waals surface area contributed by atoms with Crippen LogP contribution in [0.15, 0.2) is 24.3 Å². The molecule has 1 aromatic carbocycles. The monoisotopic (exact) mass is 257 g/mol. The van der Waals surface area contributed by atoms with Crippen molar-refractivity contribution in [2.45, 2.75) is 13.0 Å². The summed E-state index contributed by atoms with van der Waals surface area (Å²) in [6.45, 7) is 3.26. The molecular weight excluding hydrogens is 242 g/mol. The lowest BCUT2D eigenvalue weighted by Crippen LogP contribution is -2.55. The van der Waals surface area contributed by atoms with Crippen molar-refractivity contribution in [1.82, 2.24) is 10.2 Å². The van der Waals surface area contributed by atoms with Gasteiger partial charge < -0.3 is 5.32 Å². The average molecular weight is 257 g/mol. The van der Waals surface area contributed by atoms with Crippen LogP contribution < -0.4 is 5.32 Å². The molecule has 0 radical (unpaired) electrons. The number of amides is 1. The van der Waals surface area contributed by atoms with Crippen LogP contribution in [0.25, 0.3) is 0 Å². The van der Waals surface area contributed by atoms with Crippen molar-refractivity contribution in [2.75, 3.05) is 19.6 Å². The summed E-state index contributed by atoms with van der Waals surface area (Å²) in [5, 5.41) is 11.5. The molecule has 0 aromatic heterocycles. The second-order valence-corrected chi connectivity index (χ2v) is 4.55. The molecule has 0 saturated carbocycles. The van der Waals surface area contributed by atoms with Crippen LogP contribution in [-0.2, 0) is 4.79 Å². The SMILES string of the molecule is CC1C(=O)NCCN1CC(=O)c1ccc(C#N)cc1. The molecule has 1 unspecified atom stereocenters. The summed E-state index contributed by atoms with van der Waals surface area (Å²) in [6, 6.07) is 8.28. The first kappa shape index (κ1) is 13.2. The normalized spacial score (nSPS) is 19.6. The van der Waals surface area contributed by atoms with Gasteiger partial charge in [0.25, 0.3) is 0 Å². The molecule has 2 rings (SSSR count). The van der Waals surface area contributed by atoms with E-state index in [4.69, 9.17) is 5.26 Å². The van der Waals surface area contributed by atoms with Gasteiger partial charge in [-0.1, -0.05) is 12.1 Å². The van der Waals surface area contributed by atoms with E-state index in [1.165, 1.54) is 0 Å². The topological polar surface area (TPSA) is 73.2 Å². The zero-order valence-corrected chi connectivity index (χ0v) is 10.7. The highest BCUT2D eigenvalue weighted by atomic mass is 16.2. The van der Waals surface area contributed by atoms with Crippen molar-refractivity contribution < 1.29 is 9.59 Å². The van der Waals surface area contributed by atoms with Gasteiger partial charge in [0.05, 0.1) is 24.2 Å². The van der Waals surface area contributed by atoms with E-state index in [0.717, 1.165) is 0 Å². The highest BCUT2D eigenvalue weighted by molar-refractivity contribution is 5.98. The number of hydrogen-bond donors (Lipinski definition) is 1. The smallest absolute Gasteiger partial charge is 0.237 e. The van der Waals surface area contributed by atoms with Gasteiger partial charge in [0.1, 0.15) is 0 Å². The minimum Gasteiger partial charge on any atom is -0.353 e. The predicted octanol–water partition coefficient (Wildman–Crippen LogP) is 0.561. The standard InChI is InChI=1S/C14H15N3O2/c1-10-14(19)16-6-7-17(10)9-13(18)12-4-2-11(8-15)3-5-12/h2-5,10H,6-7,9H2,1H3,(H,16,19). The molecule has 1 atom stereocenters. The van der Waals surface area contributed by atoms with Gasteiger partial charge in [0.15, 0.2) is 5.78 Å². The van der Waals surface area contributed by atoms with E-state index in [0.29, 0.717) is 24.2 Å². The van der Waals surface area contributed by atoms with E-state index >= 15 is 0 Å². The van der Waals surface area contributed by atoms with Crippen molar-refractivity contribution >= 4 is 11.7 Å². The number of Topliss-reactive ketones (excluding diaryl/α,β-unsaturated/α-hetero) is 1. The largest absolute Gasteiger partial charge is 0.353 e. The van der Waals surface area contributed by atoms with E-state index in [1.54, 1.807) is 31.2 Å². The van der Waals surface area contributed by atoms with Gasteiger partial charge >= 0.3 is 0 Å². The fourth-order valence-corrected chi connectivity index (χ4v) is 2.05. The first-order valence-corrected chi connectivity index (χ1v) is 6.17. The molecule has 1 saturated heterocycles. The Balaban J connectivity index is 2.04. The highest BCUT2D eigenvalue weighted by Gasteiger charge is 2.26. The Bertz CT molecular complexity index is 531. The molecule has 0 bridgehead atoms. The van der Waals surface area contributed by atoms with E-state index in [1.807, 2.05) is 11.0 Å². The maximum absolute atomic E-state index is 12.1. The molecule has 1 aromatic rings. The fourth-order valence-electron chi connectivity index (χ4n) is 2.05. The van der Waals surface area contributed by atoms with Gasteiger partial charge in [-0.2, -0.15) is 5.26 Å². The van der Waals surface area contributed by atoms with Crippen LogP contribution >= 0.6 is 0 Å². The lowest BCUT2D eigenvalue weighted by molar-refractivity contribution is -0.127. The number of nitrogens with one attached hydrogen (secondary N) is 1. The van der Waals surface area contributed by atoms with Gasteiger partial charge in [0.2, 0.25) is 5.91 Å². The Morgan fingerprint density at radius 1 is 1.47 bits per heavy atom. The molecule has 0 aliphatic carbocycles. The van der Waals surface area contributed by atoms with Gasteiger partial charge in [0, 0.05) is 18.7 Å². The zero-order chi connectivity index (χ0) is 13.8. The van der Waals surface area contributed by atoms with Crippen molar-refractivity contribution in [1.29, 1.82) is 5.26 Å². The number of carbonyl (C=O) groups excluding carboxylic acids is 2. The van der Waals surface area contributed by atoms with Crippen LogP contribution in [0.3, 0.4) is 0 Å². The maximum Gasteiger partial charge on any atom is 0.237 e. The van der Waals surface area contributed by atoms with Crippen molar-refractivity contribution in [3.05, 3.63) is 35.4 Å². The lowest BCUT2D eigenvalue weighted by Gasteiger charge is -2.32. The van der Waals surface area contributed by atoms with E-state index in [2.05, 4.69) is 5.32 Å². The molecule has 0 spiro atoms. The Labute approximate surface area is 111 Å². The molecule has 5 heteroatoms. The van der Waals surface area contributed by atoms with Crippen LogP contribution in [0.4, 0.5) is 0 Å². The Hall–Kier alpha value is -2.19. The number of piperazine rings is 1. The summed E-state index contributed by atoms with van der Waals surface area (Å²) < 4.78 is 0. The Morgan fingerprint density at radius 2 is 2.16 bits per heavy atom. The number of nitriles is 1. The summed E-state index contributed by atoms with van der Waals surface area (Å²) >= 11 is 0. The van der Waals surface area contributed by atoms with Crippen LogP contribution in [0, 0.1) is 11.3 Å². The molecule has 1 N–H and O–H groups in total. The summed E-state index contributed by atoms with van der Waals surface area (Å²) in [5.74, 6) is -0.0788.